The van der Waals surface area contributed by atoms with Gasteiger partial charge in [-0.05, 0) is 19.4 Å². The average Bonchev–Trinajstić information content (AvgIpc) is 3.14. The van der Waals surface area contributed by atoms with E-state index in [1.165, 1.54) is 9.91 Å². The van der Waals surface area contributed by atoms with Gasteiger partial charge in [0.25, 0.3) is 0 Å². The molecule has 4 rings (SSSR count). The summed E-state index contributed by atoms with van der Waals surface area (Å²) in [6.45, 7) is 8.14. The van der Waals surface area contributed by atoms with Crippen molar-refractivity contribution in [2.45, 2.75) is 32.4 Å². The Kier molecular flexibility index (Phi) is 7.41. The van der Waals surface area contributed by atoms with Gasteiger partial charge < -0.3 is 5.32 Å². The molecular weight excluding hydrogens is 436 g/mol. The van der Waals surface area contributed by atoms with Gasteiger partial charge in [0.1, 0.15) is 6.04 Å². The van der Waals surface area contributed by atoms with Crippen molar-refractivity contribution >= 4 is 17.6 Å². The average molecular weight is 467 g/mol. The van der Waals surface area contributed by atoms with Crippen LogP contribution in [0.15, 0.2) is 108 Å². The maximum Gasteiger partial charge on any atom is 0.345 e. The number of rotatable bonds is 8. The number of hydrazone groups is 1. The maximum absolute atomic E-state index is 13.6. The zero-order valence-electron chi connectivity index (χ0n) is 20.1. The lowest BCUT2D eigenvalue weighted by molar-refractivity contribution is -0.125. The lowest BCUT2D eigenvalue weighted by atomic mass is 10.0. The van der Waals surface area contributed by atoms with E-state index in [1.54, 1.807) is 0 Å². The standard InChI is InChI=1S/C29H30N4O2/c1-21(2)30-28(34)26(19-23-13-7-4-8-14-23)33-22(3)20-32(29(33)35)31-27(24-15-9-5-10-16-24)25-17-11-6-12-18-25/h4-18,21,26H,3,19-20H2,1-2H3,(H,30,34)/t26-/m1/s1. The normalized spacial score (nSPS) is 14.3. The van der Waals surface area contributed by atoms with E-state index in [2.05, 4.69) is 11.9 Å². The number of nitrogens with one attached hydrogen (secondary N) is 1. The van der Waals surface area contributed by atoms with Gasteiger partial charge in [0, 0.05) is 29.3 Å². The van der Waals surface area contributed by atoms with E-state index in [-0.39, 0.29) is 24.5 Å². The molecule has 0 aromatic heterocycles. The van der Waals surface area contributed by atoms with Crippen molar-refractivity contribution in [2.24, 2.45) is 5.10 Å². The van der Waals surface area contributed by atoms with Gasteiger partial charge in [0.15, 0.2) is 0 Å². The number of amides is 3. The van der Waals surface area contributed by atoms with Crippen LogP contribution in [0, 0.1) is 0 Å². The third kappa shape index (κ3) is 5.66. The molecule has 1 saturated heterocycles. The smallest absolute Gasteiger partial charge is 0.345 e. The Hall–Kier alpha value is -4.19. The zero-order valence-corrected chi connectivity index (χ0v) is 20.1. The number of urea groups is 1. The second kappa shape index (κ2) is 10.8. The van der Waals surface area contributed by atoms with E-state index in [0.717, 1.165) is 16.7 Å². The summed E-state index contributed by atoms with van der Waals surface area (Å²) in [5, 5.41) is 9.13. The summed E-state index contributed by atoms with van der Waals surface area (Å²) < 4.78 is 0. The molecule has 6 nitrogen and oxygen atoms in total. The van der Waals surface area contributed by atoms with Crippen LogP contribution in [-0.4, -0.2) is 46.2 Å². The molecule has 6 heteroatoms. The van der Waals surface area contributed by atoms with Crippen LogP contribution in [0.1, 0.15) is 30.5 Å². The molecule has 0 aliphatic carbocycles. The minimum atomic E-state index is -0.725. The number of hydrogen-bond acceptors (Lipinski definition) is 3. The van der Waals surface area contributed by atoms with E-state index in [4.69, 9.17) is 5.10 Å². The highest BCUT2D eigenvalue weighted by Crippen LogP contribution is 2.25. The molecule has 0 radical (unpaired) electrons. The molecule has 1 aliphatic rings. The van der Waals surface area contributed by atoms with Gasteiger partial charge in [-0.3, -0.25) is 9.69 Å². The topological polar surface area (TPSA) is 65.0 Å². The summed E-state index contributed by atoms with van der Waals surface area (Å²) in [6.07, 6.45) is 0.381. The molecule has 1 N–H and O–H groups in total. The lowest BCUT2D eigenvalue weighted by Gasteiger charge is -2.28. The quantitative estimate of drug-likeness (QED) is 0.484. The second-order valence-electron chi connectivity index (χ2n) is 8.83. The van der Waals surface area contributed by atoms with Crippen LogP contribution in [0.3, 0.4) is 0 Å². The Morgan fingerprint density at radius 3 is 1.94 bits per heavy atom. The molecule has 3 aromatic carbocycles. The fraction of sp³-hybridized carbons (Fsp3) is 0.207. The fourth-order valence-corrected chi connectivity index (χ4v) is 4.12. The Bertz CT molecular complexity index is 1170. The first-order valence-corrected chi connectivity index (χ1v) is 11.8. The summed E-state index contributed by atoms with van der Waals surface area (Å²) in [5.41, 5.74) is 3.98. The predicted octanol–water partition coefficient (Wildman–Crippen LogP) is 4.83. The highest BCUT2D eigenvalue weighted by Gasteiger charge is 2.40. The minimum Gasteiger partial charge on any atom is -0.352 e. The van der Waals surface area contributed by atoms with Crippen LogP contribution in [-0.2, 0) is 11.2 Å². The molecule has 0 unspecified atom stereocenters. The third-order valence-corrected chi connectivity index (χ3v) is 5.73. The van der Waals surface area contributed by atoms with Crippen LogP contribution >= 0.6 is 0 Å². The van der Waals surface area contributed by atoms with Crippen molar-refractivity contribution in [3.63, 3.8) is 0 Å². The first-order valence-electron chi connectivity index (χ1n) is 11.8. The molecule has 3 amide bonds. The maximum atomic E-state index is 13.6. The van der Waals surface area contributed by atoms with Gasteiger partial charge in [-0.25, -0.2) is 9.80 Å². The van der Waals surface area contributed by atoms with Crippen LogP contribution in [0.5, 0.6) is 0 Å². The predicted molar refractivity (Wildman–Crippen MR) is 139 cm³/mol. The van der Waals surface area contributed by atoms with Gasteiger partial charge in [0.05, 0.1) is 12.3 Å². The van der Waals surface area contributed by atoms with Crippen molar-refractivity contribution in [3.05, 3.63) is 120 Å². The highest BCUT2D eigenvalue weighted by molar-refractivity contribution is 6.13. The van der Waals surface area contributed by atoms with Crippen LogP contribution < -0.4 is 5.32 Å². The Morgan fingerprint density at radius 1 is 0.914 bits per heavy atom. The zero-order chi connectivity index (χ0) is 24.8. The van der Waals surface area contributed by atoms with Gasteiger partial charge in [-0.1, -0.05) is 97.6 Å². The number of hydrogen-bond donors (Lipinski definition) is 1. The van der Waals surface area contributed by atoms with E-state index in [9.17, 15) is 9.59 Å². The summed E-state index contributed by atoms with van der Waals surface area (Å²) in [7, 11) is 0. The fourth-order valence-electron chi connectivity index (χ4n) is 4.12. The second-order valence-corrected chi connectivity index (χ2v) is 8.83. The molecule has 1 heterocycles. The first-order chi connectivity index (χ1) is 16.9. The van der Waals surface area contributed by atoms with E-state index in [0.29, 0.717) is 17.8 Å². The van der Waals surface area contributed by atoms with E-state index >= 15 is 0 Å². The van der Waals surface area contributed by atoms with Gasteiger partial charge in [-0.2, -0.15) is 5.10 Å². The SMILES string of the molecule is C=C1CN(N=C(c2ccccc2)c2ccccc2)C(=O)N1[C@H](Cc1ccccc1)C(=O)NC(C)C. The number of benzene rings is 3. The van der Waals surface area contributed by atoms with Gasteiger partial charge in [0.2, 0.25) is 5.91 Å². The van der Waals surface area contributed by atoms with Crippen molar-refractivity contribution in [3.8, 4) is 0 Å². The Morgan fingerprint density at radius 2 is 1.43 bits per heavy atom. The molecule has 0 bridgehead atoms. The number of nitrogens with zero attached hydrogens (tertiary/aromatic N) is 3. The molecule has 178 valence electrons. The molecule has 1 aliphatic heterocycles. The van der Waals surface area contributed by atoms with Crippen molar-refractivity contribution in [1.29, 1.82) is 0 Å². The van der Waals surface area contributed by atoms with Gasteiger partial charge >= 0.3 is 6.03 Å². The highest BCUT2D eigenvalue weighted by atomic mass is 16.2. The molecule has 35 heavy (non-hydrogen) atoms. The third-order valence-electron chi connectivity index (χ3n) is 5.73. The molecule has 1 fully saturated rings. The number of carbonyl (C=O) groups excluding carboxylic acids is 2. The summed E-state index contributed by atoms with van der Waals surface area (Å²) in [4.78, 5) is 28.3. The molecule has 0 spiro atoms. The summed E-state index contributed by atoms with van der Waals surface area (Å²) >= 11 is 0. The van der Waals surface area contributed by atoms with Crippen LogP contribution in [0.2, 0.25) is 0 Å². The van der Waals surface area contributed by atoms with Crippen molar-refractivity contribution in [2.75, 3.05) is 6.54 Å². The monoisotopic (exact) mass is 466 g/mol. The summed E-state index contributed by atoms with van der Waals surface area (Å²) in [5.74, 6) is -0.212. The Labute approximate surface area is 206 Å². The summed E-state index contributed by atoms with van der Waals surface area (Å²) in [6, 6.07) is 28.1. The molecule has 3 aromatic rings. The largest absolute Gasteiger partial charge is 0.352 e. The molecule has 1 atom stereocenters. The molecule has 0 saturated carbocycles. The van der Waals surface area contributed by atoms with E-state index < -0.39 is 6.04 Å². The van der Waals surface area contributed by atoms with E-state index in [1.807, 2.05) is 105 Å². The van der Waals surface area contributed by atoms with Crippen LogP contribution in [0.4, 0.5) is 4.79 Å². The number of carbonyl (C=O) groups is 2. The van der Waals surface area contributed by atoms with Crippen molar-refractivity contribution < 1.29 is 9.59 Å². The van der Waals surface area contributed by atoms with Gasteiger partial charge in [-0.15, -0.1) is 0 Å². The Balaban J connectivity index is 1.68. The molecular formula is C29H30N4O2. The van der Waals surface area contributed by atoms with Crippen molar-refractivity contribution in [1.82, 2.24) is 15.2 Å². The first kappa shape index (κ1) is 24.0. The lowest BCUT2D eigenvalue weighted by Crippen LogP contribution is -2.50. The van der Waals surface area contributed by atoms with Crippen LogP contribution in [0.25, 0.3) is 0 Å². The minimum absolute atomic E-state index is 0.0522.